The number of rotatable bonds is 4. The van der Waals surface area contributed by atoms with Crippen LogP contribution in [-0.2, 0) is 14.8 Å². The van der Waals surface area contributed by atoms with E-state index in [1.807, 2.05) is 0 Å². The Labute approximate surface area is 168 Å². The molecule has 0 bridgehead atoms. The van der Waals surface area contributed by atoms with Crippen LogP contribution in [0.5, 0.6) is 0 Å². The third kappa shape index (κ3) is 4.52. The number of carbonyl (C=O) groups is 1. The fraction of sp³-hybridized carbons (Fsp3) is 0.211. The number of benzene rings is 2. The fourth-order valence-corrected chi connectivity index (χ4v) is 4.62. The number of piperazine rings is 1. The van der Waals surface area contributed by atoms with Gasteiger partial charge in [-0.05, 0) is 29.8 Å². The molecule has 1 aliphatic heterocycles. The SMILES string of the molecule is O=C(C=Cc1cccc(Cl)c1Cl)N1CCN(S(=O)(=O)c2ccccc2)CC1. The highest BCUT2D eigenvalue weighted by Crippen LogP contribution is 2.26. The fourth-order valence-electron chi connectivity index (χ4n) is 2.81. The average Bonchev–Trinajstić information content (AvgIpc) is 2.69. The van der Waals surface area contributed by atoms with Crippen LogP contribution in [0.3, 0.4) is 0 Å². The van der Waals surface area contributed by atoms with Crippen LogP contribution in [0.1, 0.15) is 5.56 Å². The van der Waals surface area contributed by atoms with Crippen molar-refractivity contribution in [2.24, 2.45) is 0 Å². The summed E-state index contributed by atoms with van der Waals surface area (Å²) in [7, 11) is -3.53. The van der Waals surface area contributed by atoms with Crippen LogP contribution in [0.2, 0.25) is 10.0 Å². The van der Waals surface area contributed by atoms with E-state index in [1.54, 1.807) is 59.5 Å². The van der Waals surface area contributed by atoms with Gasteiger partial charge in [-0.2, -0.15) is 4.31 Å². The third-order valence-electron chi connectivity index (χ3n) is 4.32. The van der Waals surface area contributed by atoms with Crippen LogP contribution in [0.25, 0.3) is 6.08 Å². The molecule has 0 spiro atoms. The van der Waals surface area contributed by atoms with Gasteiger partial charge in [-0.15, -0.1) is 0 Å². The Kier molecular flexibility index (Phi) is 6.22. The maximum absolute atomic E-state index is 12.6. The van der Waals surface area contributed by atoms with E-state index in [0.717, 1.165) is 0 Å². The van der Waals surface area contributed by atoms with E-state index in [1.165, 1.54) is 10.4 Å². The van der Waals surface area contributed by atoms with Crippen molar-refractivity contribution >= 4 is 45.2 Å². The molecule has 2 aromatic rings. The van der Waals surface area contributed by atoms with Gasteiger partial charge in [-0.25, -0.2) is 8.42 Å². The molecule has 8 heteroatoms. The van der Waals surface area contributed by atoms with E-state index < -0.39 is 10.0 Å². The molecule has 1 saturated heterocycles. The van der Waals surface area contributed by atoms with E-state index >= 15 is 0 Å². The summed E-state index contributed by atoms with van der Waals surface area (Å²) < 4.78 is 26.7. The molecule has 1 aliphatic rings. The van der Waals surface area contributed by atoms with E-state index in [0.29, 0.717) is 28.7 Å². The number of amides is 1. The van der Waals surface area contributed by atoms with Crippen molar-refractivity contribution in [3.8, 4) is 0 Å². The lowest BCUT2D eigenvalue weighted by atomic mass is 10.2. The normalized spacial score (nSPS) is 16.0. The van der Waals surface area contributed by atoms with Gasteiger partial charge in [-0.3, -0.25) is 4.79 Å². The van der Waals surface area contributed by atoms with Gasteiger partial charge in [0.1, 0.15) is 0 Å². The minimum Gasteiger partial charge on any atom is -0.337 e. The average molecular weight is 425 g/mol. The lowest BCUT2D eigenvalue weighted by Crippen LogP contribution is -2.50. The topological polar surface area (TPSA) is 57.7 Å². The van der Waals surface area contributed by atoms with Crippen molar-refractivity contribution in [1.29, 1.82) is 0 Å². The Morgan fingerprint density at radius 1 is 0.926 bits per heavy atom. The summed E-state index contributed by atoms with van der Waals surface area (Å²) >= 11 is 12.1. The van der Waals surface area contributed by atoms with Crippen LogP contribution in [0.4, 0.5) is 0 Å². The van der Waals surface area contributed by atoms with Gasteiger partial charge in [0.15, 0.2) is 0 Å². The zero-order chi connectivity index (χ0) is 19.4. The minimum absolute atomic E-state index is 0.192. The number of carbonyl (C=O) groups excluding carboxylic acids is 1. The lowest BCUT2D eigenvalue weighted by molar-refractivity contribution is -0.127. The van der Waals surface area contributed by atoms with Crippen LogP contribution in [-0.4, -0.2) is 49.7 Å². The lowest BCUT2D eigenvalue weighted by Gasteiger charge is -2.33. The van der Waals surface area contributed by atoms with Crippen molar-refractivity contribution < 1.29 is 13.2 Å². The van der Waals surface area contributed by atoms with Gasteiger partial charge < -0.3 is 4.90 Å². The minimum atomic E-state index is -3.53. The molecule has 1 fully saturated rings. The molecular formula is C19H18Cl2N2O3S. The summed E-state index contributed by atoms with van der Waals surface area (Å²) in [6.45, 7) is 1.18. The molecular weight excluding hydrogens is 407 g/mol. The summed E-state index contributed by atoms with van der Waals surface area (Å²) in [6.07, 6.45) is 3.04. The highest BCUT2D eigenvalue weighted by atomic mass is 35.5. The zero-order valence-electron chi connectivity index (χ0n) is 14.4. The van der Waals surface area contributed by atoms with Crippen LogP contribution < -0.4 is 0 Å². The van der Waals surface area contributed by atoms with Gasteiger partial charge in [0.2, 0.25) is 15.9 Å². The van der Waals surface area contributed by atoms with E-state index in [4.69, 9.17) is 23.2 Å². The quantitative estimate of drug-likeness (QED) is 0.705. The predicted octanol–water partition coefficient (Wildman–Crippen LogP) is 3.54. The van der Waals surface area contributed by atoms with Gasteiger partial charge in [-0.1, -0.05) is 53.5 Å². The predicted molar refractivity (Wildman–Crippen MR) is 107 cm³/mol. The molecule has 5 nitrogen and oxygen atoms in total. The second-order valence-corrected chi connectivity index (χ2v) is 8.74. The van der Waals surface area contributed by atoms with E-state index in [-0.39, 0.29) is 23.9 Å². The smallest absolute Gasteiger partial charge is 0.246 e. The Bertz CT molecular complexity index is 954. The molecule has 3 rings (SSSR count). The molecule has 0 saturated carbocycles. The summed E-state index contributed by atoms with van der Waals surface area (Å²) in [4.78, 5) is 14.3. The molecule has 0 atom stereocenters. The standard InChI is InChI=1S/C19H18Cl2N2O3S/c20-17-8-4-5-15(19(17)21)9-10-18(24)22-11-13-23(14-12-22)27(25,26)16-6-2-1-3-7-16/h1-10H,11-14H2. The van der Waals surface area contributed by atoms with Crippen molar-refractivity contribution in [1.82, 2.24) is 9.21 Å². The molecule has 1 heterocycles. The first-order valence-corrected chi connectivity index (χ1v) is 10.6. The van der Waals surface area contributed by atoms with Crippen molar-refractivity contribution in [3.05, 3.63) is 70.2 Å². The molecule has 0 aliphatic carbocycles. The number of halogens is 2. The summed E-state index contributed by atoms with van der Waals surface area (Å²) in [5.74, 6) is -0.192. The van der Waals surface area contributed by atoms with Crippen molar-refractivity contribution in [2.75, 3.05) is 26.2 Å². The van der Waals surface area contributed by atoms with E-state index in [2.05, 4.69) is 0 Å². The second-order valence-electron chi connectivity index (χ2n) is 6.02. The Balaban J connectivity index is 1.63. The first-order valence-electron chi connectivity index (χ1n) is 8.36. The molecule has 0 N–H and O–H groups in total. The first-order chi connectivity index (χ1) is 12.9. The van der Waals surface area contributed by atoms with Crippen molar-refractivity contribution in [2.45, 2.75) is 4.90 Å². The number of hydrogen-bond acceptors (Lipinski definition) is 3. The Hall–Kier alpha value is -1.86. The van der Waals surface area contributed by atoms with Gasteiger partial charge in [0.25, 0.3) is 0 Å². The molecule has 0 aromatic heterocycles. The number of hydrogen-bond donors (Lipinski definition) is 0. The van der Waals surface area contributed by atoms with Crippen LogP contribution in [0, 0.1) is 0 Å². The number of sulfonamides is 1. The van der Waals surface area contributed by atoms with Gasteiger partial charge in [0.05, 0.1) is 14.9 Å². The van der Waals surface area contributed by atoms with Crippen LogP contribution >= 0.6 is 23.2 Å². The summed E-state index contributed by atoms with van der Waals surface area (Å²) in [5, 5.41) is 0.813. The largest absolute Gasteiger partial charge is 0.337 e. The first kappa shape index (κ1) is 19.9. The Morgan fingerprint density at radius 3 is 2.26 bits per heavy atom. The number of nitrogens with zero attached hydrogens (tertiary/aromatic N) is 2. The summed E-state index contributed by atoms with van der Waals surface area (Å²) in [5.41, 5.74) is 0.655. The highest BCUT2D eigenvalue weighted by Gasteiger charge is 2.29. The monoisotopic (exact) mass is 424 g/mol. The van der Waals surface area contributed by atoms with Crippen molar-refractivity contribution in [3.63, 3.8) is 0 Å². The van der Waals surface area contributed by atoms with E-state index in [9.17, 15) is 13.2 Å². The second kappa shape index (κ2) is 8.44. The molecule has 142 valence electrons. The molecule has 1 amide bonds. The maximum atomic E-state index is 12.6. The summed E-state index contributed by atoms with van der Waals surface area (Å²) in [6, 6.07) is 13.5. The van der Waals surface area contributed by atoms with Gasteiger partial charge >= 0.3 is 0 Å². The Morgan fingerprint density at radius 2 is 1.59 bits per heavy atom. The molecule has 0 unspecified atom stereocenters. The van der Waals surface area contributed by atoms with Gasteiger partial charge in [0, 0.05) is 32.3 Å². The van der Waals surface area contributed by atoms with Crippen LogP contribution in [0.15, 0.2) is 59.5 Å². The molecule has 0 radical (unpaired) electrons. The molecule has 27 heavy (non-hydrogen) atoms. The third-order valence-corrected chi connectivity index (χ3v) is 7.06. The maximum Gasteiger partial charge on any atom is 0.246 e. The highest BCUT2D eigenvalue weighted by molar-refractivity contribution is 7.89. The zero-order valence-corrected chi connectivity index (χ0v) is 16.7. The molecule has 2 aromatic carbocycles.